The molecule has 1 aliphatic heterocycles. The van der Waals surface area contributed by atoms with Gasteiger partial charge in [-0.3, -0.25) is 4.99 Å². The molecule has 0 bridgehead atoms. The van der Waals surface area contributed by atoms with Crippen molar-refractivity contribution in [3.8, 4) is 0 Å². The number of rotatable bonds is 2. The molecule has 0 amide bonds. The quantitative estimate of drug-likeness (QED) is 0.880. The third kappa shape index (κ3) is 3.65. The zero-order valence-corrected chi connectivity index (χ0v) is 11.5. The average molecular weight is 288 g/mol. The van der Waals surface area contributed by atoms with Crippen molar-refractivity contribution >= 4 is 22.6 Å². The Labute approximate surface area is 114 Å². The van der Waals surface area contributed by atoms with Gasteiger partial charge in [0.1, 0.15) is 0 Å². The molecule has 1 aromatic carbocycles. The van der Waals surface area contributed by atoms with Crippen molar-refractivity contribution in [3.63, 3.8) is 0 Å². The fourth-order valence-corrected chi connectivity index (χ4v) is 2.88. The highest BCUT2D eigenvalue weighted by atomic mass is 32.2. The first kappa shape index (κ1) is 14.2. The topological polar surface area (TPSA) is 24.4 Å². The molecule has 1 aromatic rings. The summed E-state index contributed by atoms with van der Waals surface area (Å²) in [6, 6.07) is 5.40. The summed E-state index contributed by atoms with van der Waals surface area (Å²) in [6.45, 7) is 4.17. The molecular weight excluding hydrogens is 273 g/mol. The Morgan fingerprint density at radius 2 is 2.11 bits per heavy atom. The molecule has 6 heteroatoms. The van der Waals surface area contributed by atoms with Gasteiger partial charge in [0.15, 0.2) is 5.17 Å². The number of anilines is 1. The van der Waals surface area contributed by atoms with Crippen molar-refractivity contribution in [3.05, 3.63) is 29.8 Å². The van der Waals surface area contributed by atoms with Gasteiger partial charge in [0.2, 0.25) is 0 Å². The van der Waals surface area contributed by atoms with Crippen LogP contribution in [0.15, 0.2) is 29.3 Å². The number of hydrogen-bond acceptors (Lipinski definition) is 3. The predicted octanol–water partition coefficient (Wildman–Crippen LogP) is 4.24. The SMILES string of the molecule is CC(C)C1CSC(Nc2cccc(C(F)(F)F)c2)=N1. The van der Waals surface area contributed by atoms with Crippen LogP contribution in [0.25, 0.3) is 0 Å². The summed E-state index contributed by atoms with van der Waals surface area (Å²) >= 11 is 1.54. The van der Waals surface area contributed by atoms with Gasteiger partial charge in [-0.15, -0.1) is 0 Å². The highest BCUT2D eigenvalue weighted by Crippen LogP contribution is 2.31. The molecule has 2 rings (SSSR count). The van der Waals surface area contributed by atoms with Gasteiger partial charge in [-0.1, -0.05) is 31.7 Å². The van der Waals surface area contributed by atoms with E-state index < -0.39 is 11.7 Å². The summed E-state index contributed by atoms with van der Waals surface area (Å²) in [6.07, 6.45) is -4.32. The summed E-state index contributed by atoms with van der Waals surface area (Å²) < 4.78 is 37.8. The monoisotopic (exact) mass is 288 g/mol. The molecular formula is C13H15F3N2S. The maximum atomic E-state index is 12.6. The summed E-state index contributed by atoms with van der Waals surface area (Å²) in [5.74, 6) is 1.31. The van der Waals surface area contributed by atoms with E-state index in [-0.39, 0.29) is 6.04 Å². The molecule has 0 fully saturated rings. The molecule has 0 saturated carbocycles. The van der Waals surface area contributed by atoms with Crippen LogP contribution in [-0.2, 0) is 6.18 Å². The largest absolute Gasteiger partial charge is 0.416 e. The number of alkyl halides is 3. The van der Waals surface area contributed by atoms with Gasteiger partial charge in [-0.25, -0.2) is 0 Å². The molecule has 0 saturated heterocycles. The lowest BCUT2D eigenvalue weighted by atomic mass is 10.1. The van der Waals surface area contributed by atoms with Crippen molar-refractivity contribution in [1.82, 2.24) is 0 Å². The van der Waals surface area contributed by atoms with Crippen LogP contribution >= 0.6 is 11.8 Å². The Morgan fingerprint density at radius 3 is 2.68 bits per heavy atom. The first-order valence-electron chi connectivity index (χ1n) is 6.01. The Balaban J connectivity index is 2.10. The van der Waals surface area contributed by atoms with Crippen LogP contribution in [-0.4, -0.2) is 17.0 Å². The lowest BCUT2D eigenvalue weighted by Gasteiger charge is -2.10. The zero-order valence-electron chi connectivity index (χ0n) is 10.7. The highest BCUT2D eigenvalue weighted by Gasteiger charge is 2.30. The van der Waals surface area contributed by atoms with Crippen LogP contribution in [0.5, 0.6) is 0 Å². The van der Waals surface area contributed by atoms with Crippen LogP contribution in [0.3, 0.4) is 0 Å². The van der Waals surface area contributed by atoms with E-state index in [1.165, 1.54) is 6.07 Å². The normalized spacial score (nSPS) is 19.7. The fourth-order valence-electron chi connectivity index (χ4n) is 1.70. The Kier molecular flexibility index (Phi) is 4.08. The molecule has 1 unspecified atom stereocenters. The Morgan fingerprint density at radius 1 is 1.37 bits per heavy atom. The van der Waals surface area contributed by atoms with Crippen LogP contribution in [0.4, 0.5) is 18.9 Å². The average Bonchev–Trinajstić information content (AvgIpc) is 2.77. The molecule has 1 atom stereocenters. The number of nitrogens with zero attached hydrogens (tertiary/aromatic N) is 1. The van der Waals surface area contributed by atoms with Crippen molar-refractivity contribution in [2.75, 3.05) is 11.1 Å². The first-order chi connectivity index (χ1) is 8.86. The molecule has 0 aromatic heterocycles. The lowest BCUT2D eigenvalue weighted by molar-refractivity contribution is -0.137. The van der Waals surface area contributed by atoms with Crippen molar-refractivity contribution in [2.24, 2.45) is 10.9 Å². The second-order valence-electron chi connectivity index (χ2n) is 4.76. The van der Waals surface area contributed by atoms with E-state index in [4.69, 9.17) is 0 Å². The van der Waals surface area contributed by atoms with E-state index in [9.17, 15) is 13.2 Å². The smallest absolute Gasteiger partial charge is 0.335 e. The number of aliphatic imine (C=N–C) groups is 1. The zero-order chi connectivity index (χ0) is 14.0. The van der Waals surface area contributed by atoms with E-state index in [1.54, 1.807) is 17.8 Å². The fraction of sp³-hybridized carbons (Fsp3) is 0.462. The van der Waals surface area contributed by atoms with Gasteiger partial charge < -0.3 is 5.32 Å². The number of amidine groups is 1. The summed E-state index contributed by atoms with van der Waals surface area (Å²) in [5, 5.41) is 3.64. The van der Waals surface area contributed by atoms with E-state index in [0.717, 1.165) is 17.9 Å². The van der Waals surface area contributed by atoms with Gasteiger partial charge in [0.25, 0.3) is 0 Å². The van der Waals surface area contributed by atoms with Gasteiger partial charge in [-0.05, 0) is 24.1 Å². The number of halogens is 3. The molecule has 2 nitrogen and oxygen atoms in total. The molecule has 1 aliphatic rings. The minimum absolute atomic E-state index is 0.235. The third-order valence-electron chi connectivity index (χ3n) is 2.88. The summed E-state index contributed by atoms with van der Waals surface area (Å²) in [5.41, 5.74) is -0.230. The lowest BCUT2D eigenvalue weighted by Crippen LogP contribution is -2.12. The number of benzene rings is 1. The molecule has 19 heavy (non-hydrogen) atoms. The standard InChI is InChI=1S/C13H15F3N2S/c1-8(2)11-7-19-12(18-11)17-10-5-3-4-9(6-10)13(14,15)16/h3-6,8,11H,7H2,1-2H3,(H,17,18). The Hall–Kier alpha value is -1.17. The van der Waals surface area contributed by atoms with Crippen molar-refractivity contribution in [1.29, 1.82) is 0 Å². The number of hydrogen-bond donors (Lipinski definition) is 1. The molecule has 104 valence electrons. The third-order valence-corrected chi connectivity index (χ3v) is 3.87. The van der Waals surface area contributed by atoms with Crippen molar-refractivity contribution < 1.29 is 13.2 Å². The maximum absolute atomic E-state index is 12.6. The molecule has 0 aliphatic carbocycles. The van der Waals surface area contributed by atoms with E-state index in [0.29, 0.717) is 16.8 Å². The minimum Gasteiger partial charge on any atom is -0.335 e. The van der Waals surface area contributed by atoms with Gasteiger partial charge in [0, 0.05) is 11.4 Å². The molecule has 1 heterocycles. The van der Waals surface area contributed by atoms with E-state index in [1.807, 2.05) is 0 Å². The van der Waals surface area contributed by atoms with Gasteiger partial charge in [0.05, 0.1) is 11.6 Å². The van der Waals surface area contributed by atoms with Gasteiger partial charge in [-0.2, -0.15) is 13.2 Å². The molecule has 0 radical (unpaired) electrons. The van der Waals surface area contributed by atoms with Gasteiger partial charge >= 0.3 is 6.18 Å². The van der Waals surface area contributed by atoms with Crippen molar-refractivity contribution in [2.45, 2.75) is 26.1 Å². The minimum atomic E-state index is -4.32. The maximum Gasteiger partial charge on any atom is 0.416 e. The molecule has 0 spiro atoms. The van der Waals surface area contributed by atoms with E-state index >= 15 is 0 Å². The van der Waals surface area contributed by atoms with Crippen LogP contribution in [0.2, 0.25) is 0 Å². The summed E-state index contributed by atoms with van der Waals surface area (Å²) in [7, 11) is 0. The van der Waals surface area contributed by atoms with Crippen LogP contribution in [0, 0.1) is 5.92 Å². The Bertz CT molecular complexity index is 483. The highest BCUT2D eigenvalue weighted by molar-refractivity contribution is 8.14. The first-order valence-corrected chi connectivity index (χ1v) is 6.99. The second kappa shape index (κ2) is 5.45. The van der Waals surface area contributed by atoms with E-state index in [2.05, 4.69) is 24.2 Å². The molecule has 1 N–H and O–H groups in total. The number of thioether (sulfide) groups is 1. The number of nitrogens with one attached hydrogen (secondary N) is 1. The predicted molar refractivity (Wildman–Crippen MR) is 73.6 cm³/mol. The second-order valence-corrected chi connectivity index (χ2v) is 5.77. The summed E-state index contributed by atoms with van der Waals surface area (Å²) in [4.78, 5) is 4.46. The van der Waals surface area contributed by atoms with Crippen LogP contribution < -0.4 is 5.32 Å². The van der Waals surface area contributed by atoms with Crippen LogP contribution in [0.1, 0.15) is 19.4 Å².